The molecule has 0 bridgehead atoms. The molecule has 6 nitrogen and oxygen atoms in total. The van der Waals surface area contributed by atoms with Gasteiger partial charge in [0.15, 0.2) is 0 Å². The number of nitrogens with two attached hydrogens (primary N) is 1. The van der Waals surface area contributed by atoms with Crippen molar-refractivity contribution < 1.29 is 4.39 Å². The monoisotopic (exact) mass is 389 g/mol. The molecule has 1 aliphatic rings. The summed E-state index contributed by atoms with van der Waals surface area (Å²) in [6, 6.07) is 12.1. The number of nitrogens with one attached hydrogen (secondary N) is 2. The number of fused-ring (bicyclic) bond motifs is 2. The van der Waals surface area contributed by atoms with Crippen LogP contribution in [0.4, 0.5) is 10.1 Å². The van der Waals surface area contributed by atoms with Crippen molar-refractivity contribution in [2.45, 2.75) is 19.5 Å². The molecule has 0 saturated carbocycles. The van der Waals surface area contributed by atoms with Gasteiger partial charge in [0.2, 0.25) is 0 Å². The number of hydrogen-bond donors (Lipinski definition) is 3. The van der Waals surface area contributed by atoms with E-state index in [0.717, 1.165) is 34.3 Å². The quantitative estimate of drug-likeness (QED) is 0.469. The van der Waals surface area contributed by atoms with E-state index in [1.54, 1.807) is 18.2 Å². The average Bonchev–Trinajstić information content (AvgIpc) is 3.10. The Balaban J connectivity index is 1.40. The van der Waals surface area contributed by atoms with Gasteiger partial charge in [-0.3, -0.25) is 9.69 Å². The number of aromatic nitrogens is 3. The first-order valence-electron chi connectivity index (χ1n) is 9.53. The number of H-pyrrole nitrogens is 2. The Labute approximate surface area is 166 Å². The molecule has 5 rings (SSSR count). The van der Waals surface area contributed by atoms with E-state index in [4.69, 9.17) is 10.7 Å². The van der Waals surface area contributed by atoms with Gasteiger partial charge >= 0.3 is 0 Å². The molecule has 0 saturated heterocycles. The summed E-state index contributed by atoms with van der Waals surface area (Å²) in [5.41, 5.74) is 10.6. The zero-order chi connectivity index (χ0) is 20.0. The highest BCUT2D eigenvalue weighted by atomic mass is 19.1. The molecule has 0 atom stereocenters. The van der Waals surface area contributed by atoms with Gasteiger partial charge in [-0.2, -0.15) is 0 Å². The van der Waals surface area contributed by atoms with Crippen molar-refractivity contribution in [1.29, 1.82) is 0 Å². The zero-order valence-corrected chi connectivity index (χ0v) is 15.7. The number of rotatable bonds is 3. The summed E-state index contributed by atoms with van der Waals surface area (Å²) in [5, 5.41) is 1.00. The highest BCUT2D eigenvalue weighted by Gasteiger charge is 2.22. The topological polar surface area (TPSA) is 90.8 Å². The van der Waals surface area contributed by atoms with Gasteiger partial charge in [0.25, 0.3) is 5.56 Å². The largest absolute Gasteiger partial charge is 0.399 e. The number of halogens is 1. The van der Waals surface area contributed by atoms with E-state index >= 15 is 0 Å². The summed E-state index contributed by atoms with van der Waals surface area (Å²) in [6.07, 6.45) is 2.62. The molecule has 4 N–H and O–H groups in total. The Hall–Kier alpha value is -3.45. The van der Waals surface area contributed by atoms with Crippen LogP contribution < -0.4 is 11.3 Å². The van der Waals surface area contributed by atoms with Gasteiger partial charge in [-0.15, -0.1) is 0 Å². The molecule has 0 amide bonds. The minimum absolute atomic E-state index is 0.104. The normalized spacial score (nSPS) is 14.2. The molecule has 0 radical (unpaired) electrons. The number of anilines is 1. The molecule has 1 aliphatic heterocycles. The standard InChI is InChI=1S/C22H20FN5O/c23-15-3-6-17-14(10-25-20(17)9-15)11-28-8-7-19-18(12-28)22(29)27-21(26-19)13-1-4-16(24)5-2-13/h1-6,9-10,25H,7-8,11-12,24H2,(H,26,27,29). The first-order valence-corrected chi connectivity index (χ1v) is 9.53. The molecule has 0 unspecified atom stereocenters. The molecule has 146 valence electrons. The fourth-order valence-corrected chi connectivity index (χ4v) is 3.92. The van der Waals surface area contributed by atoms with Crippen molar-refractivity contribution in [3.8, 4) is 11.4 Å². The van der Waals surface area contributed by atoms with Crippen molar-refractivity contribution in [3.63, 3.8) is 0 Å². The van der Waals surface area contributed by atoms with Crippen LogP contribution in [0, 0.1) is 5.82 Å². The zero-order valence-electron chi connectivity index (χ0n) is 15.7. The predicted molar refractivity (Wildman–Crippen MR) is 111 cm³/mol. The average molecular weight is 389 g/mol. The maximum atomic E-state index is 13.4. The maximum Gasteiger partial charge on any atom is 0.255 e. The maximum absolute atomic E-state index is 13.4. The van der Waals surface area contributed by atoms with Crippen molar-refractivity contribution in [3.05, 3.63) is 81.7 Å². The first kappa shape index (κ1) is 17.6. The number of nitrogen functional groups attached to an aromatic ring is 1. The summed E-state index contributed by atoms with van der Waals surface area (Å²) in [6.45, 7) is 2.02. The highest BCUT2D eigenvalue weighted by molar-refractivity contribution is 5.83. The van der Waals surface area contributed by atoms with Crippen molar-refractivity contribution >= 4 is 16.6 Å². The smallest absolute Gasteiger partial charge is 0.255 e. The van der Waals surface area contributed by atoms with E-state index in [-0.39, 0.29) is 11.4 Å². The predicted octanol–water partition coefficient (Wildman–Crippen LogP) is 3.20. The first-order chi connectivity index (χ1) is 14.1. The number of hydrogen-bond acceptors (Lipinski definition) is 4. The number of benzene rings is 2. The lowest BCUT2D eigenvalue weighted by Crippen LogP contribution is -2.35. The molecule has 0 spiro atoms. The molecule has 0 fully saturated rings. The van der Waals surface area contributed by atoms with Gasteiger partial charge in [-0.1, -0.05) is 0 Å². The number of nitrogens with zero attached hydrogens (tertiary/aromatic N) is 2. The fourth-order valence-electron chi connectivity index (χ4n) is 3.92. The lowest BCUT2D eigenvalue weighted by Gasteiger charge is -2.27. The SMILES string of the molecule is Nc1ccc(-c2nc3c(c(=O)[nH]2)CN(Cc2c[nH]c4cc(F)ccc24)CC3)cc1. The summed E-state index contributed by atoms with van der Waals surface area (Å²) in [5.74, 6) is 0.313. The molecule has 7 heteroatoms. The molecule has 29 heavy (non-hydrogen) atoms. The number of aromatic amines is 2. The van der Waals surface area contributed by atoms with Crippen LogP contribution in [0.1, 0.15) is 16.8 Å². The van der Waals surface area contributed by atoms with Crippen LogP contribution >= 0.6 is 0 Å². The molecule has 2 aromatic carbocycles. The van der Waals surface area contributed by atoms with Crippen LogP contribution in [0.3, 0.4) is 0 Å². The fraction of sp³-hybridized carbons (Fsp3) is 0.182. The Bertz CT molecular complexity index is 1260. The second-order valence-electron chi connectivity index (χ2n) is 7.43. The van der Waals surface area contributed by atoms with Gasteiger partial charge in [0, 0.05) is 54.4 Å². The van der Waals surface area contributed by atoms with Crippen LogP contribution in [0.15, 0.2) is 53.5 Å². The molecule has 4 aromatic rings. The van der Waals surface area contributed by atoms with Crippen LogP contribution in [0.2, 0.25) is 0 Å². The Morgan fingerprint density at radius 3 is 2.83 bits per heavy atom. The summed E-state index contributed by atoms with van der Waals surface area (Å²) < 4.78 is 13.4. The van der Waals surface area contributed by atoms with Gasteiger partial charge in [-0.25, -0.2) is 9.37 Å². The van der Waals surface area contributed by atoms with Crippen molar-refractivity contribution in [1.82, 2.24) is 19.9 Å². The Morgan fingerprint density at radius 1 is 1.17 bits per heavy atom. The van der Waals surface area contributed by atoms with Gasteiger partial charge in [0.1, 0.15) is 11.6 Å². The van der Waals surface area contributed by atoms with Crippen LogP contribution in [0.25, 0.3) is 22.3 Å². The van der Waals surface area contributed by atoms with Gasteiger partial charge in [0.05, 0.1) is 11.3 Å². The van der Waals surface area contributed by atoms with Crippen LogP contribution in [-0.2, 0) is 19.5 Å². The molecular weight excluding hydrogens is 369 g/mol. The lowest BCUT2D eigenvalue weighted by atomic mass is 10.0. The minimum atomic E-state index is -0.257. The Kier molecular flexibility index (Phi) is 4.17. The third-order valence-electron chi connectivity index (χ3n) is 5.46. The van der Waals surface area contributed by atoms with E-state index in [1.165, 1.54) is 12.1 Å². The second-order valence-corrected chi connectivity index (χ2v) is 7.43. The lowest BCUT2D eigenvalue weighted by molar-refractivity contribution is 0.242. The molecule has 0 aliphatic carbocycles. The molecule has 3 heterocycles. The van der Waals surface area contributed by atoms with E-state index in [2.05, 4.69) is 14.9 Å². The summed E-state index contributed by atoms with van der Waals surface area (Å²) in [7, 11) is 0. The highest BCUT2D eigenvalue weighted by Crippen LogP contribution is 2.24. The van der Waals surface area contributed by atoms with E-state index in [9.17, 15) is 9.18 Å². The van der Waals surface area contributed by atoms with E-state index in [0.29, 0.717) is 36.6 Å². The summed E-state index contributed by atoms with van der Waals surface area (Å²) >= 11 is 0. The van der Waals surface area contributed by atoms with Crippen molar-refractivity contribution in [2.75, 3.05) is 12.3 Å². The van der Waals surface area contributed by atoms with Crippen molar-refractivity contribution in [2.24, 2.45) is 0 Å². The van der Waals surface area contributed by atoms with E-state index in [1.807, 2.05) is 18.3 Å². The minimum Gasteiger partial charge on any atom is -0.399 e. The van der Waals surface area contributed by atoms with Gasteiger partial charge < -0.3 is 15.7 Å². The third kappa shape index (κ3) is 3.30. The second kappa shape index (κ2) is 6.86. The van der Waals surface area contributed by atoms with Crippen LogP contribution in [0.5, 0.6) is 0 Å². The van der Waals surface area contributed by atoms with Gasteiger partial charge in [-0.05, 0) is 48.0 Å². The van der Waals surface area contributed by atoms with E-state index < -0.39 is 0 Å². The summed E-state index contributed by atoms with van der Waals surface area (Å²) in [4.78, 5) is 25.7. The third-order valence-corrected chi connectivity index (χ3v) is 5.46. The molecule has 2 aromatic heterocycles. The van der Waals surface area contributed by atoms with Crippen LogP contribution in [-0.4, -0.2) is 26.4 Å². The molecular formula is C22H20FN5O. The Morgan fingerprint density at radius 2 is 2.00 bits per heavy atom.